The third-order valence-electron chi connectivity index (χ3n) is 2.81. The summed E-state index contributed by atoms with van der Waals surface area (Å²) in [6.07, 6.45) is 0. The van der Waals surface area contributed by atoms with Crippen molar-refractivity contribution in [3.05, 3.63) is 63.8 Å². The molecule has 24 heavy (non-hydrogen) atoms. The molecule has 0 aliphatic carbocycles. The number of nitrogens with zero attached hydrogens (tertiary/aromatic N) is 3. The molecule has 0 bridgehead atoms. The Bertz CT molecular complexity index is 917. The summed E-state index contributed by atoms with van der Waals surface area (Å²) in [6.45, 7) is 0. The minimum atomic E-state index is -0.312. The van der Waals surface area contributed by atoms with Crippen LogP contribution in [0.4, 0.5) is 5.69 Å². The summed E-state index contributed by atoms with van der Waals surface area (Å²) in [5, 5.41) is 30.1. The maximum Gasteiger partial charge on any atom is 0.163 e. The quantitative estimate of drug-likeness (QED) is 0.777. The summed E-state index contributed by atoms with van der Waals surface area (Å²) in [4.78, 5) is 0. The Morgan fingerprint density at radius 2 is 1.71 bits per heavy atom. The lowest BCUT2D eigenvalue weighted by Crippen LogP contribution is -2.00. The number of nitriles is 3. The van der Waals surface area contributed by atoms with Crippen molar-refractivity contribution in [1.29, 1.82) is 15.8 Å². The van der Waals surface area contributed by atoms with Gasteiger partial charge in [-0.3, -0.25) is 0 Å². The van der Waals surface area contributed by atoms with Gasteiger partial charge in [-0.15, -0.1) is 0 Å². The predicted octanol–water partition coefficient (Wildman–Crippen LogP) is 5.02. The van der Waals surface area contributed by atoms with Crippen LogP contribution < -0.4 is 10.1 Å². The van der Waals surface area contributed by atoms with E-state index in [1.807, 2.05) is 0 Å². The number of anilines is 1. The van der Waals surface area contributed by atoms with Crippen molar-refractivity contribution >= 4 is 28.9 Å². The average molecular weight is 355 g/mol. The summed E-state index contributed by atoms with van der Waals surface area (Å²) in [7, 11) is 0. The maximum atomic E-state index is 9.02. The second-order valence-corrected chi connectivity index (χ2v) is 5.26. The van der Waals surface area contributed by atoms with Crippen LogP contribution in [0.5, 0.6) is 11.5 Å². The zero-order valence-electron chi connectivity index (χ0n) is 12.0. The number of benzene rings is 2. The fourth-order valence-electron chi connectivity index (χ4n) is 1.75. The van der Waals surface area contributed by atoms with E-state index in [2.05, 4.69) is 5.32 Å². The van der Waals surface area contributed by atoms with Gasteiger partial charge in [0.05, 0.1) is 5.02 Å². The Morgan fingerprint density at radius 1 is 0.958 bits per heavy atom. The summed E-state index contributed by atoms with van der Waals surface area (Å²) in [5.74, 6) is 0.923. The van der Waals surface area contributed by atoms with Crippen molar-refractivity contribution in [2.75, 3.05) is 5.32 Å². The van der Waals surface area contributed by atoms with Crippen molar-refractivity contribution in [3.8, 4) is 29.7 Å². The van der Waals surface area contributed by atoms with Gasteiger partial charge in [-0.2, -0.15) is 15.8 Å². The number of hydrogen-bond donors (Lipinski definition) is 1. The van der Waals surface area contributed by atoms with Crippen LogP contribution in [-0.2, 0) is 0 Å². The SMILES string of the molecule is N#CC(C#N)=C(C#N)Nc1ccc(Oc2cccc(Cl)c2)c(Cl)c1. The van der Waals surface area contributed by atoms with Gasteiger partial charge in [-0.05, 0) is 36.4 Å². The number of halogens is 2. The van der Waals surface area contributed by atoms with Gasteiger partial charge in [-0.1, -0.05) is 29.3 Å². The normalized spacial score (nSPS) is 9.12. The van der Waals surface area contributed by atoms with E-state index in [-0.39, 0.29) is 16.3 Å². The number of ether oxygens (including phenoxy) is 1. The van der Waals surface area contributed by atoms with Gasteiger partial charge in [0, 0.05) is 10.7 Å². The second kappa shape index (κ2) is 7.90. The smallest absolute Gasteiger partial charge is 0.163 e. The number of hydrogen-bond acceptors (Lipinski definition) is 5. The summed E-state index contributed by atoms with van der Waals surface area (Å²) in [5.41, 5.74) is -0.0227. The van der Waals surface area contributed by atoms with Crippen LogP contribution in [0.15, 0.2) is 53.7 Å². The number of allylic oxidation sites excluding steroid dienone is 2. The van der Waals surface area contributed by atoms with E-state index in [1.165, 1.54) is 6.07 Å². The molecule has 0 aliphatic heterocycles. The molecule has 0 radical (unpaired) electrons. The molecule has 2 rings (SSSR count). The largest absolute Gasteiger partial charge is 0.456 e. The molecular weight excluding hydrogens is 347 g/mol. The molecule has 0 aliphatic rings. The van der Waals surface area contributed by atoms with E-state index < -0.39 is 0 Å². The average Bonchev–Trinajstić information content (AvgIpc) is 2.57. The topological polar surface area (TPSA) is 92.6 Å². The highest BCUT2D eigenvalue weighted by atomic mass is 35.5. The highest BCUT2D eigenvalue weighted by Gasteiger charge is 2.09. The van der Waals surface area contributed by atoms with Crippen molar-refractivity contribution < 1.29 is 4.74 Å². The first-order chi connectivity index (χ1) is 11.6. The molecule has 0 saturated carbocycles. The molecule has 116 valence electrons. The Hall–Kier alpha value is -3.17. The first kappa shape index (κ1) is 17.2. The van der Waals surface area contributed by atoms with E-state index in [0.717, 1.165) is 0 Å². The molecule has 0 fully saturated rings. The van der Waals surface area contributed by atoms with Crippen LogP contribution in [-0.4, -0.2) is 0 Å². The molecule has 0 saturated heterocycles. The number of rotatable bonds is 4. The van der Waals surface area contributed by atoms with Crippen LogP contribution in [0.2, 0.25) is 10.0 Å². The molecule has 2 aromatic rings. The molecule has 0 spiro atoms. The molecular formula is C17H8Cl2N4O. The van der Waals surface area contributed by atoms with Gasteiger partial charge in [0.15, 0.2) is 5.57 Å². The lowest BCUT2D eigenvalue weighted by Gasteiger charge is -2.10. The molecule has 0 unspecified atom stereocenters. The summed E-state index contributed by atoms with van der Waals surface area (Å²) < 4.78 is 5.64. The molecule has 0 amide bonds. The van der Waals surface area contributed by atoms with E-state index >= 15 is 0 Å². The third-order valence-corrected chi connectivity index (χ3v) is 3.34. The van der Waals surface area contributed by atoms with Gasteiger partial charge in [0.2, 0.25) is 0 Å². The lowest BCUT2D eigenvalue weighted by atomic mass is 10.2. The van der Waals surface area contributed by atoms with Crippen LogP contribution in [0, 0.1) is 34.0 Å². The third kappa shape index (κ3) is 4.18. The Balaban J connectivity index is 2.25. The second-order valence-electron chi connectivity index (χ2n) is 4.42. The summed E-state index contributed by atoms with van der Waals surface area (Å²) >= 11 is 12.1. The molecule has 1 N–H and O–H groups in total. The van der Waals surface area contributed by atoms with Crippen molar-refractivity contribution in [2.45, 2.75) is 0 Å². The number of nitrogens with one attached hydrogen (secondary N) is 1. The van der Waals surface area contributed by atoms with Gasteiger partial charge in [0.25, 0.3) is 0 Å². The van der Waals surface area contributed by atoms with Gasteiger partial charge in [0.1, 0.15) is 35.4 Å². The van der Waals surface area contributed by atoms with Gasteiger partial charge >= 0.3 is 0 Å². The van der Waals surface area contributed by atoms with E-state index in [9.17, 15) is 0 Å². The Kier molecular flexibility index (Phi) is 5.66. The molecule has 2 aromatic carbocycles. The van der Waals surface area contributed by atoms with Crippen LogP contribution in [0.25, 0.3) is 0 Å². The molecule has 5 nitrogen and oxygen atoms in total. The van der Waals surface area contributed by atoms with E-state index in [1.54, 1.807) is 54.6 Å². The van der Waals surface area contributed by atoms with Crippen molar-refractivity contribution in [2.24, 2.45) is 0 Å². The van der Waals surface area contributed by atoms with E-state index in [4.69, 9.17) is 43.7 Å². The zero-order chi connectivity index (χ0) is 17.5. The highest BCUT2D eigenvalue weighted by molar-refractivity contribution is 6.32. The molecule has 0 atom stereocenters. The lowest BCUT2D eigenvalue weighted by molar-refractivity contribution is 0.483. The Labute approximate surface area is 148 Å². The molecule has 0 aromatic heterocycles. The minimum absolute atomic E-state index is 0.153. The van der Waals surface area contributed by atoms with Gasteiger partial charge in [-0.25, -0.2) is 0 Å². The fourth-order valence-corrected chi connectivity index (χ4v) is 2.15. The van der Waals surface area contributed by atoms with Crippen LogP contribution in [0.3, 0.4) is 0 Å². The highest BCUT2D eigenvalue weighted by Crippen LogP contribution is 2.32. The van der Waals surface area contributed by atoms with Crippen LogP contribution >= 0.6 is 23.2 Å². The predicted molar refractivity (Wildman–Crippen MR) is 90.5 cm³/mol. The molecule has 0 heterocycles. The zero-order valence-corrected chi connectivity index (χ0v) is 13.6. The standard InChI is InChI=1S/C17H8Cl2N4O/c18-12-2-1-3-14(6-12)24-17-5-4-13(7-15(17)19)23-16(10-22)11(8-20)9-21/h1-7,23H. The van der Waals surface area contributed by atoms with Crippen molar-refractivity contribution in [3.63, 3.8) is 0 Å². The minimum Gasteiger partial charge on any atom is -0.456 e. The van der Waals surface area contributed by atoms with E-state index in [0.29, 0.717) is 22.2 Å². The monoisotopic (exact) mass is 354 g/mol. The molecule has 7 heteroatoms. The summed E-state index contributed by atoms with van der Waals surface area (Å²) in [6, 6.07) is 16.6. The van der Waals surface area contributed by atoms with Gasteiger partial charge < -0.3 is 10.1 Å². The van der Waals surface area contributed by atoms with Crippen molar-refractivity contribution in [1.82, 2.24) is 0 Å². The first-order valence-corrected chi connectivity index (χ1v) is 7.27. The Morgan fingerprint density at radius 3 is 2.29 bits per heavy atom. The maximum absolute atomic E-state index is 9.02. The first-order valence-electron chi connectivity index (χ1n) is 6.52. The van der Waals surface area contributed by atoms with Crippen LogP contribution in [0.1, 0.15) is 0 Å². The fraction of sp³-hybridized carbons (Fsp3) is 0.